The van der Waals surface area contributed by atoms with E-state index in [-0.39, 0.29) is 37.8 Å². The minimum Gasteiger partial charge on any atom is -0.480 e. The number of nitrogens with zero attached hydrogens (tertiary/aromatic N) is 2. The number of hydrogen-bond donors (Lipinski definition) is 2. The Labute approximate surface area is 171 Å². The molecule has 2 N–H and O–H groups in total. The largest absolute Gasteiger partial charge is 0.480 e. The fourth-order valence-corrected chi connectivity index (χ4v) is 3.33. The van der Waals surface area contributed by atoms with Gasteiger partial charge in [-0.1, -0.05) is 18.2 Å². The fraction of sp³-hybridized carbons (Fsp3) is 0.400. The van der Waals surface area contributed by atoms with E-state index in [1.807, 2.05) is 18.2 Å². The lowest BCUT2D eigenvalue weighted by molar-refractivity contribution is -0.142. The van der Waals surface area contributed by atoms with Crippen molar-refractivity contribution in [1.29, 1.82) is 0 Å². The molecule has 3 rings (SSSR count). The van der Waals surface area contributed by atoms with Gasteiger partial charge in [-0.25, -0.2) is 9.59 Å². The number of amides is 2. The first-order valence-electron chi connectivity index (χ1n) is 9.47. The van der Waals surface area contributed by atoms with E-state index in [2.05, 4.69) is 5.32 Å². The van der Waals surface area contributed by atoms with E-state index in [1.165, 1.54) is 9.13 Å². The van der Waals surface area contributed by atoms with Gasteiger partial charge in [0, 0.05) is 13.5 Å². The average Bonchev–Trinajstić information content (AvgIpc) is 2.94. The van der Waals surface area contributed by atoms with Crippen molar-refractivity contribution < 1.29 is 29.0 Å². The number of aryl methyl sites for hydroxylation is 1. The standard InChI is InChI=1S/C20H23N3O7/c1-22-16-11-13(3-2-8-29-9-10-30-12-18(25)26)4-5-14(16)23(20(22)28)15-6-7-17(24)21-19(15)27/h2-5,11,15H,6-10,12H2,1H3,(H,25,26)(H,21,24,27)/b3-2+. The van der Waals surface area contributed by atoms with Crippen molar-refractivity contribution in [2.24, 2.45) is 7.05 Å². The van der Waals surface area contributed by atoms with E-state index in [9.17, 15) is 19.2 Å². The highest BCUT2D eigenvalue weighted by Gasteiger charge is 2.31. The normalized spacial score (nSPS) is 17.0. The first-order valence-corrected chi connectivity index (χ1v) is 9.47. The molecule has 1 fully saturated rings. The summed E-state index contributed by atoms with van der Waals surface area (Å²) in [5.41, 5.74) is 1.84. The maximum atomic E-state index is 12.7. The number of piperidine rings is 1. The second-order valence-electron chi connectivity index (χ2n) is 6.85. The molecule has 10 nitrogen and oxygen atoms in total. The maximum absolute atomic E-state index is 12.7. The minimum absolute atomic E-state index is 0.196. The number of benzene rings is 1. The summed E-state index contributed by atoms with van der Waals surface area (Å²) >= 11 is 0. The molecule has 10 heteroatoms. The summed E-state index contributed by atoms with van der Waals surface area (Å²) in [6.45, 7) is 0.448. The predicted octanol–water partition coefficient (Wildman–Crippen LogP) is 0.449. The van der Waals surface area contributed by atoms with Crippen molar-refractivity contribution in [1.82, 2.24) is 14.5 Å². The molecule has 2 aromatic rings. The molecule has 1 unspecified atom stereocenters. The molecule has 2 heterocycles. The SMILES string of the molecule is Cn1c(=O)n(C2CCC(=O)NC2=O)c2ccc(/C=C/COCCOCC(=O)O)cc21. The number of aliphatic carboxylic acids is 1. The van der Waals surface area contributed by atoms with Crippen LogP contribution in [0.4, 0.5) is 0 Å². The van der Waals surface area contributed by atoms with E-state index in [1.54, 1.807) is 19.2 Å². The van der Waals surface area contributed by atoms with Gasteiger partial charge in [0.05, 0.1) is 30.9 Å². The van der Waals surface area contributed by atoms with E-state index in [0.29, 0.717) is 24.1 Å². The van der Waals surface area contributed by atoms with Gasteiger partial charge in [-0.05, 0) is 24.1 Å². The van der Waals surface area contributed by atoms with Gasteiger partial charge < -0.3 is 14.6 Å². The molecule has 1 aromatic carbocycles. The Morgan fingerprint density at radius 2 is 2.00 bits per heavy atom. The number of nitrogens with one attached hydrogen (secondary N) is 1. The summed E-state index contributed by atoms with van der Waals surface area (Å²) in [6.07, 6.45) is 4.12. The molecule has 160 valence electrons. The van der Waals surface area contributed by atoms with Crippen LogP contribution in [0, 0.1) is 0 Å². The molecular formula is C20H23N3O7. The monoisotopic (exact) mass is 417 g/mol. The van der Waals surface area contributed by atoms with Gasteiger partial charge in [-0.2, -0.15) is 0 Å². The van der Waals surface area contributed by atoms with Crippen LogP contribution < -0.4 is 11.0 Å². The number of ether oxygens (including phenoxy) is 2. The highest BCUT2D eigenvalue weighted by atomic mass is 16.5. The lowest BCUT2D eigenvalue weighted by Gasteiger charge is -2.21. The number of rotatable bonds is 9. The van der Waals surface area contributed by atoms with Crippen LogP contribution in [0.5, 0.6) is 0 Å². The lowest BCUT2D eigenvalue weighted by Crippen LogP contribution is -2.44. The van der Waals surface area contributed by atoms with Crippen molar-refractivity contribution in [3.63, 3.8) is 0 Å². The third-order valence-corrected chi connectivity index (χ3v) is 4.76. The van der Waals surface area contributed by atoms with E-state index < -0.39 is 17.9 Å². The molecule has 0 radical (unpaired) electrons. The van der Waals surface area contributed by atoms with Crippen LogP contribution in [0.3, 0.4) is 0 Å². The average molecular weight is 417 g/mol. The van der Waals surface area contributed by atoms with Crippen molar-refractivity contribution in [3.05, 3.63) is 40.3 Å². The summed E-state index contributed by atoms with van der Waals surface area (Å²) in [5.74, 6) is -1.81. The zero-order valence-corrected chi connectivity index (χ0v) is 16.5. The van der Waals surface area contributed by atoms with Gasteiger partial charge in [0.25, 0.3) is 0 Å². The number of carboxylic acid groups (broad SMARTS) is 1. The molecule has 0 saturated carbocycles. The molecule has 1 aliphatic rings. The number of aromatic nitrogens is 2. The molecule has 2 amide bonds. The molecule has 1 atom stereocenters. The van der Waals surface area contributed by atoms with Gasteiger partial charge in [-0.3, -0.25) is 24.0 Å². The Balaban J connectivity index is 1.67. The van der Waals surface area contributed by atoms with E-state index >= 15 is 0 Å². The van der Waals surface area contributed by atoms with Crippen LogP contribution in [-0.4, -0.2) is 58.5 Å². The fourth-order valence-electron chi connectivity index (χ4n) is 3.33. The quantitative estimate of drug-likeness (QED) is 0.448. The summed E-state index contributed by atoms with van der Waals surface area (Å²) in [5, 5.41) is 10.7. The summed E-state index contributed by atoms with van der Waals surface area (Å²) in [7, 11) is 1.64. The lowest BCUT2D eigenvalue weighted by atomic mass is 10.1. The third kappa shape index (κ3) is 4.84. The summed E-state index contributed by atoms with van der Waals surface area (Å²) < 4.78 is 13.1. The summed E-state index contributed by atoms with van der Waals surface area (Å²) in [4.78, 5) is 46.7. The third-order valence-electron chi connectivity index (χ3n) is 4.76. The van der Waals surface area contributed by atoms with Gasteiger partial charge in [0.2, 0.25) is 11.8 Å². The van der Waals surface area contributed by atoms with Crippen molar-refractivity contribution in [2.75, 3.05) is 26.4 Å². The molecule has 0 bridgehead atoms. The topological polar surface area (TPSA) is 129 Å². The summed E-state index contributed by atoms with van der Waals surface area (Å²) in [6, 6.07) is 4.74. The Morgan fingerprint density at radius 1 is 1.23 bits per heavy atom. The molecule has 1 aromatic heterocycles. The van der Waals surface area contributed by atoms with Crippen LogP contribution >= 0.6 is 0 Å². The Morgan fingerprint density at radius 3 is 2.73 bits per heavy atom. The second kappa shape index (κ2) is 9.51. The number of imidazole rings is 1. The number of carboxylic acids is 1. The number of hydrogen-bond acceptors (Lipinski definition) is 6. The number of imide groups is 1. The predicted molar refractivity (Wildman–Crippen MR) is 107 cm³/mol. The van der Waals surface area contributed by atoms with Gasteiger partial charge in [0.1, 0.15) is 12.6 Å². The zero-order valence-electron chi connectivity index (χ0n) is 16.5. The van der Waals surface area contributed by atoms with Gasteiger partial charge >= 0.3 is 11.7 Å². The zero-order chi connectivity index (χ0) is 21.7. The highest BCUT2D eigenvalue weighted by Crippen LogP contribution is 2.24. The molecule has 1 saturated heterocycles. The van der Waals surface area contributed by atoms with Crippen molar-refractivity contribution >= 4 is 34.9 Å². The number of fused-ring (bicyclic) bond motifs is 1. The van der Waals surface area contributed by atoms with Crippen LogP contribution in [-0.2, 0) is 30.9 Å². The minimum atomic E-state index is -1.02. The molecule has 30 heavy (non-hydrogen) atoms. The van der Waals surface area contributed by atoms with Crippen molar-refractivity contribution in [2.45, 2.75) is 18.9 Å². The highest BCUT2D eigenvalue weighted by molar-refractivity contribution is 6.00. The maximum Gasteiger partial charge on any atom is 0.329 e. The van der Waals surface area contributed by atoms with Crippen LogP contribution in [0.15, 0.2) is 29.1 Å². The Hall–Kier alpha value is -3.24. The van der Waals surface area contributed by atoms with Gasteiger partial charge in [-0.15, -0.1) is 0 Å². The van der Waals surface area contributed by atoms with Crippen LogP contribution in [0.1, 0.15) is 24.4 Å². The molecular weight excluding hydrogens is 394 g/mol. The smallest absolute Gasteiger partial charge is 0.329 e. The Bertz CT molecular complexity index is 1050. The first kappa shape index (κ1) is 21.5. The van der Waals surface area contributed by atoms with E-state index in [4.69, 9.17) is 14.6 Å². The van der Waals surface area contributed by atoms with Gasteiger partial charge in [0.15, 0.2) is 0 Å². The molecule has 0 aliphatic carbocycles. The molecule has 1 aliphatic heterocycles. The Kier molecular flexibility index (Phi) is 6.80. The number of carbonyl (C=O) groups excluding carboxylic acids is 2. The second-order valence-corrected chi connectivity index (χ2v) is 6.85. The van der Waals surface area contributed by atoms with E-state index in [0.717, 1.165) is 5.56 Å². The van der Waals surface area contributed by atoms with Crippen LogP contribution in [0.25, 0.3) is 17.1 Å². The van der Waals surface area contributed by atoms with Crippen LogP contribution in [0.2, 0.25) is 0 Å². The van der Waals surface area contributed by atoms with Crippen molar-refractivity contribution in [3.8, 4) is 0 Å². The number of carbonyl (C=O) groups is 3. The molecule has 0 spiro atoms. The first-order chi connectivity index (χ1) is 14.4.